The number of hydrogen-bond acceptors (Lipinski definition) is 5. The maximum absolute atomic E-state index is 12.5. The van der Waals surface area contributed by atoms with Crippen molar-refractivity contribution in [2.45, 2.75) is 26.4 Å². The molecule has 0 heterocycles. The fourth-order valence-electron chi connectivity index (χ4n) is 2.91. The third-order valence-corrected chi connectivity index (χ3v) is 4.51. The average Bonchev–Trinajstić information content (AvgIpc) is 2.70. The molecule has 3 rings (SSSR count). The van der Waals surface area contributed by atoms with Gasteiger partial charge in [-0.2, -0.15) is 0 Å². The number of esters is 1. The second-order valence-corrected chi connectivity index (χ2v) is 6.30. The van der Waals surface area contributed by atoms with Crippen LogP contribution in [0.25, 0.3) is 10.8 Å². The zero-order valence-corrected chi connectivity index (χ0v) is 15.1. The standard InChI is InChI=1S/C22H20O5/c1-3-14-8-10-15(11-9-14)20(24)13(2)27-22(26)18-12-19(23)16-6-4-5-7-17(16)21(18)25/h4-13,23,25H,3H2,1-2H3/t13-/m0/s1. The highest BCUT2D eigenvalue weighted by Crippen LogP contribution is 2.35. The summed E-state index contributed by atoms with van der Waals surface area (Å²) >= 11 is 0. The van der Waals surface area contributed by atoms with Crippen molar-refractivity contribution in [3.05, 3.63) is 71.3 Å². The zero-order valence-electron chi connectivity index (χ0n) is 15.1. The summed E-state index contributed by atoms with van der Waals surface area (Å²) in [5.41, 5.74) is 1.36. The van der Waals surface area contributed by atoms with Gasteiger partial charge in [-0.25, -0.2) is 4.79 Å². The van der Waals surface area contributed by atoms with Crippen LogP contribution >= 0.6 is 0 Å². The van der Waals surface area contributed by atoms with E-state index in [1.807, 2.05) is 19.1 Å². The highest BCUT2D eigenvalue weighted by Gasteiger charge is 2.24. The van der Waals surface area contributed by atoms with Gasteiger partial charge in [-0.1, -0.05) is 55.5 Å². The number of ether oxygens (including phenoxy) is 1. The van der Waals surface area contributed by atoms with E-state index in [0.717, 1.165) is 18.1 Å². The van der Waals surface area contributed by atoms with Crippen molar-refractivity contribution in [2.24, 2.45) is 0 Å². The number of aromatic hydroxyl groups is 2. The summed E-state index contributed by atoms with van der Waals surface area (Å²) in [5.74, 6) is -1.65. The Balaban J connectivity index is 1.83. The molecular weight excluding hydrogens is 344 g/mol. The largest absolute Gasteiger partial charge is 0.507 e. The molecule has 0 amide bonds. The molecule has 138 valence electrons. The molecule has 0 saturated heterocycles. The van der Waals surface area contributed by atoms with Gasteiger partial charge < -0.3 is 14.9 Å². The van der Waals surface area contributed by atoms with E-state index >= 15 is 0 Å². The van der Waals surface area contributed by atoms with Gasteiger partial charge in [-0.05, 0) is 25.0 Å². The number of ketones is 1. The first-order chi connectivity index (χ1) is 12.9. The molecule has 0 aliphatic rings. The smallest absolute Gasteiger partial charge is 0.342 e. The molecular formula is C22H20O5. The Bertz CT molecular complexity index is 1010. The number of Topliss-reactive ketones (excluding diaryl/α,β-unsaturated/α-hetero) is 1. The van der Waals surface area contributed by atoms with Gasteiger partial charge in [-0.3, -0.25) is 4.79 Å². The van der Waals surface area contributed by atoms with Crippen molar-refractivity contribution in [1.82, 2.24) is 0 Å². The molecule has 0 fully saturated rings. The number of phenolic OH excluding ortho intramolecular Hbond substituents is 2. The lowest BCUT2D eigenvalue weighted by Crippen LogP contribution is -2.24. The van der Waals surface area contributed by atoms with Gasteiger partial charge in [0.05, 0.1) is 0 Å². The third-order valence-electron chi connectivity index (χ3n) is 4.51. The SMILES string of the molecule is CCc1ccc(C(=O)[C@H](C)OC(=O)c2cc(O)c3ccccc3c2O)cc1. The van der Waals surface area contributed by atoms with E-state index in [0.29, 0.717) is 16.3 Å². The molecule has 1 atom stereocenters. The zero-order chi connectivity index (χ0) is 19.6. The summed E-state index contributed by atoms with van der Waals surface area (Å²) in [6, 6.07) is 14.9. The van der Waals surface area contributed by atoms with Gasteiger partial charge in [-0.15, -0.1) is 0 Å². The monoisotopic (exact) mass is 364 g/mol. The number of phenols is 2. The number of hydrogen-bond donors (Lipinski definition) is 2. The lowest BCUT2D eigenvalue weighted by atomic mass is 10.0. The Kier molecular flexibility index (Phi) is 5.12. The molecule has 0 saturated carbocycles. The van der Waals surface area contributed by atoms with Crippen LogP contribution in [0.4, 0.5) is 0 Å². The van der Waals surface area contributed by atoms with Crippen LogP contribution in [0.2, 0.25) is 0 Å². The minimum Gasteiger partial charge on any atom is -0.507 e. The van der Waals surface area contributed by atoms with Crippen LogP contribution in [0.15, 0.2) is 54.6 Å². The molecule has 0 aliphatic heterocycles. The third kappa shape index (κ3) is 3.62. The van der Waals surface area contributed by atoms with Crippen molar-refractivity contribution in [2.75, 3.05) is 0 Å². The van der Waals surface area contributed by atoms with Crippen molar-refractivity contribution in [1.29, 1.82) is 0 Å². The summed E-state index contributed by atoms with van der Waals surface area (Å²) < 4.78 is 5.23. The van der Waals surface area contributed by atoms with E-state index in [-0.39, 0.29) is 22.8 Å². The van der Waals surface area contributed by atoms with Crippen LogP contribution in [0.3, 0.4) is 0 Å². The second kappa shape index (κ2) is 7.50. The van der Waals surface area contributed by atoms with E-state index in [1.165, 1.54) is 6.92 Å². The highest BCUT2D eigenvalue weighted by atomic mass is 16.5. The Morgan fingerprint density at radius 2 is 1.63 bits per heavy atom. The van der Waals surface area contributed by atoms with Gasteiger partial charge in [0.15, 0.2) is 6.10 Å². The minimum atomic E-state index is -1.03. The molecule has 27 heavy (non-hydrogen) atoms. The summed E-state index contributed by atoms with van der Waals surface area (Å²) in [7, 11) is 0. The van der Waals surface area contributed by atoms with E-state index in [2.05, 4.69) is 0 Å². The number of carbonyl (C=O) groups excluding carboxylic acids is 2. The van der Waals surface area contributed by atoms with Gasteiger partial charge in [0.25, 0.3) is 0 Å². The highest BCUT2D eigenvalue weighted by molar-refractivity contribution is 6.05. The number of carbonyl (C=O) groups is 2. The first-order valence-electron chi connectivity index (χ1n) is 8.70. The normalized spacial score (nSPS) is 11.9. The lowest BCUT2D eigenvalue weighted by molar-refractivity contribution is 0.0316. The van der Waals surface area contributed by atoms with Gasteiger partial charge in [0, 0.05) is 16.3 Å². The van der Waals surface area contributed by atoms with Gasteiger partial charge >= 0.3 is 5.97 Å². The molecule has 0 bridgehead atoms. The van der Waals surface area contributed by atoms with Crippen molar-refractivity contribution >= 4 is 22.5 Å². The van der Waals surface area contributed by atoms with Gasteiger partial charge in [0.1, 0.15) is 17.1 Å². The molecule has 3 aromatic rings. The summed E-state index contributed by atoms with van der Waals surface area (Å²) in [4.78, 5) is 24.9. The van der Waals surface area contributed by atoms with Gasteiger partial charge in [0.2, 0.25) is 5.78 Å². The molecule has 0 radical (unpaired) electrons. The minimum absolute atomic E-state index is 0.149. The number of benzene rings is 3. The van der Waals surface area contributed by atoms with E-state index < -0.39 is 12.1 Å². The first kappa shape index (κ1) is 18.5. The number of aryl methyl sites for hydroxylation is 1. The predicted octanol–water partition coefficient (Wildman–Crippen LogP) is 4.24. The molecule has 3 aromatic carbocycles. The predicted molar refractivity (Wildman–Crippen MR) is 102 cm³/mol. The molecule has 5 nitrogen and oxygen atoms in total. The molecule has 0 aliphatic carbocycles. The van der Waals surface area contributed by atoms with Crippen molar-refractivity contribution < 1.29 is 24.5 Å². The Morgan fingerprint density at radius 1 is 1.00 bits per heavy atom. The van der Waals surface area contributed by atoms with E-state index in [9.17, 15) is 19.8 Å². The average molecular weight is 364 g/mol. The van der Waals surface area contributed by atoms with Crippen LogP contribution in [-0.4, -0.2) is 28.1 Å². The summed E-state index contributed by atoms with van der Waals surface area (Å²) in [5, 5.41) is 21.2. The van der Waals surface area contributed by atoms with Crippen LogP contribution < -0.4 is 0 Å². The summed E-state index contributed by atoms with van der Waals surface area (Å²) in [6.07, 6.45) is -0.165. The molecule has 2 N–H and O–H groups in total. The topological polar surface area (TPSA) is 83.8 Å². The van der Waals surface area contributed by atoms with Crippen LogP contribution in [0.5, 0.6) is 11.5 Å². The lowest BCUT2D eigenvalue weighted by Gasteiger charge is -2.14. The first-order valence-corrected chi connectivity index (χ1v) is 8.70. The Hall–Kier alpha value is -3.34. The van der Waals surface area contributed by atoms with Crippen molar-refractivity contribution in [3.8, 4) is 11.5 Å². The maximum atomic E-state index is 12.5. The molecule has 5 heteroatoms. The van der Waals surface area contributed by atoms with Crippen molar-refractivity contribution in [3.63, 3.8) is 0 Å². The van der Waals surface area contributed by atoms with Crippen LogP contribution in [0, 0.1) is 0 Å². The Morgan fingerprint density at radius 3 is 2.26 bits per heavy atom. The quantitative estimate of drug-likeness (QED) is 0.402. The van der Waals surface area contributed by atoms with E-state index in [4.69, 9.17) is 4.74 Å². The second-order valence-electron chi connectivity index (χ2n) is 6.30. The fourth-order valence-corrected chi connectivity index (χ4v) is 2.91. The van der Waals surface area contributed by atoms with Crippen LogP contribution in [0.1, 0.15) is 40.1 Å². The number of rotatable bonds is 5. The summed E-state index contributed by atoms with van der Waals surface area (Å²) in [6.45, 7) is 3.50. The fraction of sp³-hybridized carbons (Fsp3) is 0.182. The maximum Gasteiger partial charge on any atom is 0.342 e. The number of fused-ring (bicyclic) bond motifs is 1. The Labute approximate surface area is 156 Å². The molecule has 0 spiro atoms. The van der Waals surface area contributed by atoms with Crippen LogP contribution in [-0.2, 0) is 11.2 Å². The van der Waals surface area contributed by atoms with E-state index in [1.54, 1.807) is 36.4 Å². The molecule has 0 unspecified atom stereocenters. The molecule has 0 aromatic heterocycles.